The van der Waals surface area contributed by atoms with Gasteiger partial charge in [0.25, 0.3) is 14.3 Å². The van der Waals surface area contributed by atoms with E-state index >= 15 is 0 Å². The molecule has 0 aliphatic heterocycles. The molecular weight excluding hydrogens is 432 g/mol. The molecule has 0 radical (unpaired) electrons. The Kier molecular flexibility index (Phi) is 21.7. The standard InChI is InChI=1S/C31H64O2Si/c1-7-8-9-10-11-12-13-14-15-16-17-18-19-20-21-22-23-24-25-26-27-28-29-30(32)33-34(5,6)31(2,3)4/h7-29H2,1-6H3. The number of carbonyl (C=O) groups excluding carboxylic acids is 1. The summed E-state index contributed by atoms with van der Waals surface area (Å²) in [5.41, 5.74) is 0. The Morgan fingerprint density at radius 2 is 0.794 bits per heavy atom. The Morgan fingerprint density at radius 1 is 0.529 bits per heavy atom. The van der Waals surface area contributed by atoms with Crippen molar-refractivity contribution in [2.75, 3.05) is 0 Å². The van der Waals surface area contributed by atoms with E-state index < -0.39 is 8.32 Å². The SMILES string of the molecule is CCCCCCCCCCCCCCCCCCCCCCCCC(=O)O[Si](C)(C)C(C)(C)C. The summed E-state index contributed by atoms with van der Waals surface area (Å²) < 4.78 is 5.85. The first kappa shape index (κ1) is 33.7. The van der Waals surface area contributed by atoms with Crippen molar-refractivity contribution in [1.29, 1.82) is 0 Å². The van der Waals surface area contributed by atoms with Crippen LogP contribution in [0.2, 0.25) is 18.1 Å². The zero-order valence-corrected chi connectivity index (χ0v) is 25.6. The number of hydrogen-bond acceptors (Lipinski definition) is 2. The summed E-state index contributed by atoms with van der Waals surface area (Å²) in [6, 6.07) is 0. The Labute approximate surface area is 216 Å². The van der Waals surface area contributed by atoms with E-state index in [4.69, 9.17) is 4.43 Å². The number of hydrogen-bond donors (Lipinski definition) is 0. The van der Waals surface area contributed by atoms with Gasteiger partial charge in [0.2, 0.25) is 0 Å². The fourth-order valence-electron chi connectivity index (χ4n) is 4.37. The molecule has 0 saturated heterocycles. The summed E-state index contributed by atoms with van der Waals surface area (Å²) in [4.78, 5) is 12.1. The van der Waals surface area contributed by atoms with E-state index in [-0.39, 0.29) is 11.0 Å². The monoisotopic (exact) mass is 496 g/mol. The number of carbonyl (C=O) groups is 1. The molecule has 0 unspecified atom stereocenters. The number of unbranched alkanes of at least 4 members (excludes halogenated alkanes) is 21. The third kappa shape index (κ3) is 21.0. The molecular formula is C31H64O2Si. The van der Waals surface area contributed by atoms with Crippen molar-refractivity contribution in [1.82, 2.24) is 0 Å². The Morgan fingerprint density at radius 3 is 1.06 bits per heavy atom. The third-order valence-corrected chi connectivity index (χ3v) is 12.3. The van der Waals surface area contributed by atoms with Crippen molar-refractivity contribution in [2.24, 2.45) is 0 Å². The predicted octanol–water partition coefficient (Wildman–Crippen LogP) is 11.5. The lowest BCUT2D eigenvalue weighted by Gasteiger charge is -2.35. The molecule has 0 bridgehead atoms. The first-order valence-corrected chi connectivity index (χ1v) is 18.3. The summed E-state index contributed by atoms with van der Waals surface area (Å²) in [5.74, 6) is 0.0276. The first-order chi connectivity index (χ1) is 16.2. The molecule has 0 aliphatic rings. The third-order valence-electron chi connectivity index (χ3n) is 7.91. The van der Waals surface area contributed by atoms with Crippen LogP contribution >= 0.6 is 0 Å². The summed E-state index contributed by atoms with van der Waals surface area (Å²) in [6.45, 7) is 13.2. The van der Waals surface area contributed by atoms with E-state index in [1.54, 1.807) is 0 Å². The molecule has 0 atom stereocenters. The van der Waals surface area contributed by atoms with Crippen LogP contribution in [-0.2, 0) is 9.22 Å². The van der Waals surface area contributed by atoms with Gasteiger partial charge in [0.15, 0.2) is 0 Å². The molecule has 204 valence electrons. The minimum Gasteiger partial charge on any atom is -0.519 e. The molecule has 0 amide bonds. The van der Waals surface area contributed by atoms with Crippen LogP contribution in [0, 0.1) is 0 Å². The van der Waals surface area contributed by atoms with Crippen LogP contribution < -0.4 is 0 Å². The molecule has 3 heteroatoms. The zero-order chi connectivity index (χ0) is 25.5. The zero-order valence-electron chi connectivity index (χ0n) is 24.6. The molecule has 0 aromatic carbocycles. The Balaban J connectivity index is 3.25. The van der Waals surface area contributed by atoms with Crippen molar-refractivity contribution in [2.45, 2.75) is 194 Å². The van der Waals surface area contributed by atoms with Crippen LogP contribution in [0.15, 0.2) is 0 Å². The maximum atomic E-state index is 12.1. The highest BCUT2D eigenvalue weighted by atomic mass is 28.4. The van der Waals surface area contributed by atoms with Crippen molar-refractivity contribution >= 4 is 14.3 Å². The normalized spacial score (nSPS) is 12.3. The van der Waals surface area contributed by atoms with Gasteiger partial charge < -0.3 is 4.43 Å². The molecule has 0 saturated carbocycles. The van der Waals surface area contributed by atoms with Crippen LogP contribution in [0.5, 0.6) is 0 Å². The van der Waals surface area contributed by atoms with Crippen molar-refractivity contribution < 1.29 is 9.22 Å². The maximum Gasteiger partial charge on any atom is 0.292 e. The minimum absolute atomic E-state index is 0.0276. The van der Waals surface area contributed by atoms with Gasteiger partial charge in [-0.2, -0.15) is 0 Å². The van der Waals surface area contributed by atoms with Gasteiger partial charge >= 0.3 is 0 Å². The van der Waals surface area contributed by atoms with Gasteiger partial charge in [0.1, 0.15) is 0 Å². The van der Waals surface area contributed by atoms with Gasteiger partial charge in [-0.3, -0.25) is 4.79 Å². The lowest BCUT2D eigenvalue weighted by atomic mass is 10.0. The van der Waals surface area contributed by atoms with Gasteiger partial charge in [-0.15, -0.1) is 0 Å². The van der Waals surface area contributed by atoms with Crippen molar-refractivity contribution in [3.63, 3.8) is 0 Å². The lowest BCUT2D eigenvalue weighted by molar-refractivity contribution is -0.135. The fourth-order valence-corrected chi connectivity index (χ4v) is 5.34. The molecule has 0 N–H and O–H groups in total. The summed E-state index contributed by atoms with van der Waals surface area (Å²) in [6.07, 6.45) is 31.3. The summed E-state index contributed by atoms with van der Waals surface area (Å²) >= 11 is 0. The molecule has 0 aromatic rings. The van der Waals surface area contributed by atoms with Crippen LogP contribution in [0.3, 0.4) is 0 Å². The Bertz CT molecular complexity index is 453. The van der Waals surface area contributed by atoms with Crippen LogP contribution in [0.25, 0.3) is 0 Å². The fraction of sp³-hybridized carbons (Fsp3) is 0.968. The second-order valence-electron chi connectivity index (χ2n) is 12.4. The summed E-state index contributed by atoms with van der Waals surface area (Å²) in [7, 11) is -1.94. The molecule has 2 nitrogen and oxygen atoms in total. The first-order valence-electron chi connectivity index (χ1n) is 15.4. The van der Waals surface area contributed by atoms with Crippen LogP contribution in [0.4, 0.5) is 0 Å². The van der Waals surface area contributed by atoms with Gasteiger partial charge in [-0.25, -0.2) is 0 Å². The smallest absolute Gasteiger partial charge is 0.292 e. The number of rotatable bonds is 24. The molecule has 0 heterocycles. The van der Waals surface area contributed by atoms with Crippen molar-refractivity contribution in [3.05, 3.63) is 0 Å². The average Bonchev–Trinajstić information content (AvgIpc) is 2.76. The molecule has 0 fully saturated rings. The largest absolute Gasteiger partial charge is 0.519 e. The van der Waals surface area contributed by atoms with E-state index in [0.717, 1.165) is 6.42 Å². The van der Waals surface area contributed by atoms with Crippen molar-refractivity contribution in [3.8, 4) is 0 Å². The highest BCUT2D eigenvalue weighted by molar-refractivity contribution is 6.75. The van der Waals surface area contributed by atoms with E-state index in [1.807, 2.05) is 0 Å². The second-order valence-corrected chi connectivity index (χ2v) is 17.1. The minimum atomic E-state index is -1.94. The second kappa shape index (κ2) is 21.9. The van der Waals surface area contributed by atoms with E-state index in [1.165, 1.54) is 135 Å². The molecule has 0 aliphatic carbocycles. The Hall–Kier alpha value is -0.313. The van der Waals surface area contributed by atoms with E-state index in [0.29, 0.717) is 6.42 Å². The lowest BCUT2D eigenvalue weighted by Crippen LogP contribution is -2.42. The highest BCUT2D eigenvalue weighted by Crippen LogP contribution is 2.36. The average molecular weight is 497 g/mol. The molecule has 0 aromatic heterocycles. The van der Waals surface area contributed by atoms with Crippen LogP contribution in [0.1, 0.15) is 175 Å². The topological polar surface area (TPSA) is 26.3 Å². The van der Waals surface area contributed by atoms with Gasteiger partial charge in [0.05, 0.1) is 0 Å². The summed E-state index contributed by atoms with van der Waals surface area (Å²) in [5, 5.41) is 0.106. The van der Waals surface area contributed by atoms with Gasteiger partial charge in [-0.1, -0.05) is 163 Å². The van der Waals surface area contributed by atoms with Gasteiger partial charge in [-0.05, 0) is 24.6 Å². The van der Waals surface area contributed by atoms with E-state index in [2.05, 4.69) is 40.8 Å². The predicted molar refractivity (Wildman–Crippen MR) is 155 cm³/mol. The maximum absolute atomic E-state index is 12.1. The molecule has 0 rings (SSSR count). The molecule has 34 heavy (non-hydrogen) atoms. The van der Waals surface area contributed by atoms with Gasteiger partial charge in [0, 0.05) is 6.42 Å². The molecule has 0 spiro atoms. The van der Waals surface area contributed by atoms with Crippen LogP contribution in [-0.4, -0.2) is 14.3 Å². The highest BCUT2D eigenvalue weighted by Gasteiger charge is 2.40. The van der Waals surface area contributed by atoms with E-state index in [9.17, 15) is 4.79 Å². The quantitative estimate of drug-likeness (QED) is 0.0980.